The number of rotatable bonds is 7. The van der Waals surface area contributed by atoms with Crippen molar-refractivity contribution in [3.05, 3.63) is 76.9 Å². The molecule has 3 heterocycles. The number of carbonyl (C=O) groups excluding carboxylic acids is 1. The smallest absolute Gasteiger partial charge is 0.338 e. The van der Waals surface area contributed by atoms with E-state index >= 15 is 0 Å². The fourth-order valence-electron chi connectivity index (χ4n) is 4.50. The number of carbonyl (C=O) groups is 1. The lowest BCUT2D eigenvalue weighted by Gasteiger charge is -2.25. The summed E-state index contributed by atoms with van der Waals surface area (Å²) in [4.78, 5) is 32.2. The summed E-state index contributed by atoms with van der Waals surface area (Å²) in [5.74, 6) is 1.76. The molecule has 1 atom stereocenters. The SMILES string of the molecule is CCOC(=O)C1=C(C)N=c2s/c(=C/c3cc4c(cc3Br)OCO4)c(=O)n2[C@H]1c1ccc(OC(C)C)c(OC)c1. The quantitative estimate of drug-likeness (QED) is 0.370. The first-order valence-corrected chi connectivity index (χ1v) is 14.0. The Morgan fingerprint density at radius 1 is 1.23 bits per heavy atom. The minimum atomic E-state index is -0.773. The van der Waals surface area contributed by atoms with Gasteiger partial charge in [0.05, 0.1) is 41.7 Å². The number of methoxy groups -OCH3 is 1. The van der Waals surface area contributed by atoms with Crippen molar-refractivity contribution in [2.24, 2.45) is 4.99 Å². The number of esters is 1. The van der Waals surface area contributed by atoms with Gasteiger partial charge in [-0.3, -0.25) is 9.36 Å². The van der Waals surface area contributed by atoms with Crippen LogP contribution in [0.25, 0.3) is 6.08 Å². The predicted octanol–water partition coefficient (Wildman–Crippen LogP) is 4.09. The van der Waals surface area contributed by atoms with Gasteiger partial charge in [-0.25, -0.2) is 9.79 Å². The lowest BCUT2D eigenvalue weighted by Crippen LogP contribution is -2.40. The van der Waals surface area contributed by atoms with Gasteiger partial charge in [0.15, 0.2) is 27.8 Å². The van der Waals surface area contributed by atoms with E-state index in [4.69, 9.17) is 23.7 Å². The van der Waals surface area contributed by atoms with E-state index in [1.54, 1.807) is 39.2 Å². The number of allylic oxidation sites excluding steroid dienone is 1. The average molecular weight is 616 g/mol. The predicted molar refractivity (Wildman–Crippen MR) is 149 cm³/mol. The third kappa shape index (κ3) is 5.08. The molecule has 3 aromatic rings. The molecule has 9 nitrogen and oxygen atoms in total. The molecule has 0 aliphatic carbocycles. The van der Waals surface area contributed by atoms with Gasteiger partial charge in [-0.05, 0) is 69.2 Å². The second-order valence-corrected chi connectivity index (χ2v) is 11.0. The standard InChI is InChI=1S/C28H27BrN2O7S/c1-6-35-27(33)24-15(4)30-28-31(25(24)16-7-8-19(38-14(2)3)20(9-16)34-5)26(32)23(39-28)11-17-10-21-22(12-18(17)29)37-13-36-21/h7-12,14,25H,6,13H2,1-5H3/b23-11+/t25-/m0/s1. The summed E-state index contributed by atoms with van der Waals surface area (Å²) in [7, 11) is 1.55. The largest absolute Gasteiger partial charge is 0.493 e. The van der Waals surface area contributed by atoms with Crippen molar-refractivity contribution in [1.29, 1.82) is 0 Å². The molecule has 2 aliphatic heterocycles. The first-order valence-electron chi connectivity index (χ1n) is 12.3. The minimum absolute atomic E-state index is 0.0600. The summed E-state index contributed by atoms with van der Waals surface area (Å²) in [5.41, 5.74) is 1.90. The molecular formula is C28H27BrN2O7S. The van der Waals surface area contributed by atoms with Gasteiger partial charge >= 0.3 is 5.97 Å². The molecular weight excluding hydrogens is 588 g/mol. The highest BCUT2D eigenvalue weighted by atomic mass is 79.9. The Hall–Kier alpha value is -3.57. The molecule has 0 radical (unpaired) electrons. The molecule has 1 aromatic heterocycles. The first kappa shape index (κ1) is 27.0. The van der Waals surface area contributed by atoms with Gasteiger partial charge in [-0.2, -0.15) is 0 Å². The van der Waals surface area contributed by atoms with Crippen LogP contribution in [0.4, 0.5) is 0 Å². The Morgan fingerprint density at radius 2 is 1.97 bits per heavy atom. The molecule has 0 unspecified atom stereocenters. The number of nitrogens with zero attached hydrogens (tertiary/aromatic N) is 2. The highest BCUT2D eigenvalue weighted by molar-refractivity contribution is 9.10. The number of halogens is 1. The van der Waals surface area contributed by atoms with E-state index < -0.39 is 12.0 Å². The highest BCUT2D eigenvalue weighted by Gasteiger charge is 2.34. The van der Waals surface area contributed by atoms with Crippen molar-refractivity contribution in [3.8, 4) is 23.0 Å². The lowest BCUT2D eigenvalue weighted by molar-refractivity contribution is -0.139. The monoisotopic (exact) mass is 614 g/mol. The van der Waals surface area contributed by atoms with E-state index in [9.17, 15) is 9.59 Å². The maximum Gasteiger partial charge on any atom is 0.338 e. The molecule has 204 valence electrons. The Kier molecular flexibility index (Phi) is 7.55. The molecule has 2 aliphatic rings. The van der Waals surface area contributed by atoms with Gasteiger partial charge in [-0.15, -0.1) is 0 Å². The number of fused-ring (bicyclic) bond motifs is 2. The van der Waals surface area contributed by atoms with Gasteiger partial charge in [0.1, 0.15) is 0 Å². The van der Waals surface area contributed by atoms with E-state index in [0.717, 1.165) is 10.0 Å². The third-order valence-electron chi connectivity index (χ3n) is 6.16. The maximum atomic E-state index is 13.9. The summed E-state index contributed by atoms with van der Waals surface area (Å²) in [6, 6.07) is 8.25. The Balaban J connectivity index is 1.70. The maximum absolute atomic E-state index is 13.9. The average Bonchev–Trinajstić information content (AvgIpc) is 3.46. The fourth-order valence-corrected chi connectivity index (χ4v) is 5.97. The molecule has 0 N–H and O–H groups in total. The summed E-state index contributed by atoms with van der Waals surface area (Å²) in [5, 5.41) is 0. The Morgan fingerprint density at radius 3 is 2.67 bits per heavy atom. The molecule has 0 bridgehead atoms. The second-order valence-electron chi connectivity index (χ2n) is 9.11. The number of hydrogen-bond donors (Lipinski definition) is 0. The van der Waals surface area contributed by atoms with E-state index in [-0.39, 0.29) is 25.1 Å². The normalized spacial score (nSPS) is 16.3. The van der Waals surface area contributed by atoms with Crippen LogP contribution in [0.15, 0.2) is 55.9 Å². The number of aromatic nitrogens is 1. The Bertz CT molecular complexity index is 1670. The second kappa shape index (κ2) is 10.9. The summed E-state index contributed by atoms with van der Waals surface area (Å²) < 4.78 is 30.6. The zero-order chi connectivity index (χ0) is 27.8. The number of benzene rings is 2. The van der Waals surface area contributed by atoms with Gasteiger partial charge < -0.3 is 23.7 Å². The summed E-state index contributed by atoms with van der Waals surface area (Å²) >= 11 is 4.80. The van der Waals surface area contributed by atoms with Crippen LogP contribution in [0.1, 0.15) is 44.9 Å². The van der Waals surface area contributed by atoms with Crippen LogP contribution in [-0.4, -0.2) is 37.1 Å². The van der Waals surface area contributed by atoms with Crippen molar-refractivity contribution < 1.29 is 28.5 Å². The first-order chi connectivity index (χ1) is 18.7. The number of ether oxygens (including phenoxy) is 5. The molecule has 2 aromatic carbocycles. The number of hydrogen-bond acceptors (Lipinski definition) is 9. The molecule has 39 heavy (non-hydrogen) atoms. The molecule has 0 fully saturated rings. The van der Waals surface area contributed by atoms with Crippen molar-refractivity contribution in [1.82, 2.24) is 4.57 Å². The fraction of sp³-hybridized carbons (Fsp3) is 0.321. The summed E-state index contributed by atoms with van der Waals surface area (Å²) in [6.07, 6.45) is 1.71. The van der Waals surface area contributed by atoms with Crippen LogP contribution in [0.2, 0.25) is 0 Å². The summed E-state index contributed by atoms with van der Waals surface area (Å²) in [6.45, 7) is 7.67. The zero-order valence-corrected chi connectivity index (χ0v) is 24.5. The van der Waals surface area contributed by atoms with Crippen LogP contribution in [0, 0.1) is 0 Å². The zero-order valence-electron chi connectivity index (χ0n) is 22.1. The van der Waals surface area contributed by atoms with Crippen molar-refractivity contribution in [2.75, 3.05) is 20.5 Å². The van der Waals surface area contributed by atoms with Crippen molar-refractivity contribution >= 4 is 39.3 Å². The van der Waals surface area contributed by atoms with E-state index in [0.29, 0.717) is 49.2 Å². The van der Waals surface area contributed by atoms with Crippen molar-refractivity contribution in [3.63, 3.8) is 0 Å². The van der Waals surface area contributed by atoms with Crippen LogP contribution < -0.4 is 33.8 Å². The third-order valence-corrected chi connectivity index (χ3v) is 7.83. The van der Waals surface area contributed by atoms with Crippen molar-refractivity contribution in [2.45, 2.75) is 39.8 Å². The Labute approximate surface area is 237 Å². The molecule has 0 saturated heterocycles. The van der Waals surface area contributed by atoms with Crippen LogP contribution in [0.5, 0.6) is 23.0 Å². The molecule has 5 rings (SSSR count). The van der Waals surface area contributed by atoms with Crippen LogP contribution in [0.3, 0.4) is 0 Å². The van der Waals surface area contributed by atoms with Gasteiger partial charge in [0.2, 0.25) is 6.79 Å². The molecule has 0 spiro atoms. The van der Waals surface area contributed by atoms with Crippen LogP contribution in [-0.2, 0) is 9.53 Å². The van der Waals surface area contributed by atoms with Gasteiger partial charge in [-0.1, -0.05) is 33.3 Å². The van der Waals surface area contributed by atoms with E-state index in [2.05, 4.69) is 20.9 Å². The molecule has 0 amide bonds. The highest BCUT2D eigenvalue weighted by Crippen LogP contribution is 2.38. The van der Waals surface area contributed by atoms with Gasteiger partial charge in [0.25, 0.3) is 5.56 Å². The van der Waals surface area contributed by atoms with E-state index in [1.165, 1.54) is 15.9 Å². The van der Waals surface area contributed by atoms with Gasteiger partial charge in [0, 0.05) is 4.47 Å². The molecule has 11 heteroatoms. The molecule has 0 saturated carbocycles. The minimum Gasteiger partial charge on any atom is -0.493 e. The number of thiazole rings is 1. The van der Waals surface area contributed by atoms with Crippen LogP contribution >= 0.6 is 27.3 Å². The van der Waals surface area contributed by atoms with E-state index in [1.807, 2.05) is 32.0 Å². The lowest BCUT2D eigenvalue weighted by atomic mass is 9.95. The topological polar surface area (TPSA) is 97.6 Å².